The molecule has 1 atom stereocenters. The molecule has 1 aromatic carbocycles. The van der Waals surface area contributed by atoms with Gasteiger partial charge in [0.2, 0.25) is 0 Å². The Morgan fingerprint density at radius 2 is 2.00 bits per heavy atom. The van der Waals surface area contributed by atoms with Crippen LogP contribution in [0, 0.1) is 0 Å². The monoisotopic (exact) mass is 368 g/mol. The minimum Gasteiger partial charge on any atom is -0.507 e. The van der Waals surface area contributed by atoms with Gasteiger partial charge in [0, 0.05) is 5.02 Å². The number of esters is 2. The zero-order valence-electron chi connectivity index (χ0n) is 13.6. The van der Waals surface area contributed by atoms with Gasteiger partial charge in [-0.15, -0.1) is 0 Å². The Balaban J connectivity index is 2.21. The van der Waals surface area contributed by atoms with Gasteiger partial charge < -0.3 is 25.2 Å². The van der Waals surface area contributed by atoms with E-state index < -0.39 is 24.0 Å². The fourth-order valence-electron chi connectivity index (χ4n) is 2.28. The molecule has 0 aromatic heterocycles. The van der Waals surface area contributed by atoms with Crippen LogP contribution in [0.3, 0.4) is 0 Å². The van der Waals surface area contributed by atoms with E-state index in [-0.39, 0.29) is 40.8 Å². The molecule has 3 N–H and O–H groups in total. The molecule has 0 radical (unpaired) electrons. The van der Waals surface area contributed by atoms with Crippen LogP contribution in [0.4, 0.5) is 4.79 Å². The number of phenols is 1. The molecule has 1 aliphatic heterocycles. The van der Waals surface area contributed by atoms with Gasteiger partial charge in [-0.3, -0.25) is 0 Å². The van der Waals surface area contributed by atoms with Gasteiger partial charge >= 0.3 is 18.0 Å². The van der Waals surface area contributed by atoms with Gasteiger partial charge in [0.25, 0.3) is 0 Å². The number of aromatic hydroxyl groups is 1. The number of rotatable bonds is 5. The first-order chi connectivity index (χ1) is 11.8. The molecule has 0 fully saturated rings. The first kappa shape index (κ1) is 18.6. The molecule has 0 saturated carbocycles. The van der Waals surface area contributed by atoms with E-state index in [2.05, 4.69) is 10.6 Å². The van der Waals surface area contributed by atoms with Crippen LogP contribution >= 0.6 is 11.6 Å². The third-order valence-corrected chi connectivity index (χ3v) is 3.63. The highest BCUT2D eigenvalue weighted by Crippen LogP contribution is 2.23. The summed E-state index contributed by atoms with van der Waals surface area (Å²) in [5.74, 6) is -1.77. The summed E-state index contributed by atoms with van der Waals surface area (Å²) in [4.78, 5) is 35.8. The summed E-state index contributed by atoms with van der Waals surface area (Å²) in [7, 11) is 0. The van der Waals surface area contributed by atoms with Crippen molar-refractivity contribution in [2.45, 2.75) is 19.9 Å². The maximum Gasteiger partial charge on any atom is 0.342 e. The first-order valence-electron chi connectivity index (χ1n) is 7.46. The molecule has 134 valence electrons. The highest BCUT2D eigenvalue weighted by atomic mass is 35.5. The van der Waals surface area contributed by atoms with Gasteiger partial charge in [0.1, 0.15) is 17.9 Å². The highest BCUT2D eigenvalue weighted by Gasteiger charge is 2.30. The van der Waals surface area contributed by atoms with E-state index in [1.807, 2.05) is 0 Å². The zero-order chi connectivity index (χ0) is 18.6. The fourth-order valence-corrected chi connectivity index (χ4v) is 2.45. The second-order valence-corrected chi connectivity index (χ2v) is 5.61. The summed E-state index contributed by atoms with van der Waals surface area (Å²) < 4.78 is 10.1. The van der Waals surface area contributed by atoms with Gasteiger partial charge in [0.15, 0.2) is 0 Å². The van der Waals surface area contributed by atoms with E-state index in [0.717, 1.165) is 0 Å². The largest absolute Gasteiger partial charge is 0.507 e. The molecule has 2 amide bonds. The molecule has 1 aromatic rings. The fraction of sp³-hybridized carbons (Fsp3) is 0.312. The highest BCUT2D eigenvalue weighted by molar-refractivity contribution is 6.31. The van der Waals surface area contributed by atoms with Crippen LogP contribution < -0.4 is 10.6 Å². The standard InChI is InChI=1S/C16H17ClN2O6/c1-3-24-15(22)13-8(2)18-16(23)19-11(13)7-25-14(21)10-6-9(17)4-5-12(10)20/h4-6,8,20H,3,7H2,1-2H3,(H2,18,19,23)/t8-/m0/s1. The zero-order valence-corrected chi connectivity index (χ0v) is 14.3. The van der Waals surface area contributed by atoms with Crippen molar-refractivity contribution >= 4 is 29.6 Å². The molecule has 0 bridgehead atoms. The molecule has 1 aliphatic rings. The second-order valence-electron chi connectivity index (χ2n) is 5.17. The molecule has 0 aliphatic carbocycles. The van der Waals surface area contributed by atoms with Crippen LogP contribution in [0.25, 0.3) is 0 Å². The SMILES string of the molecule is CCOC(=O)C1=C(COC(=O)c2cc(Cl)ccc2O)NC(=O)N[C@H]1C. The average Bonchev–Trinajstić information content (AvgIpc) is 2.54. The molecule has 2 rings (SSSR count). The van der Waals surface area contributed by atoms with Crippen molar-refractivity contribution in [3.8, 4) is 5.75 Å². The first-order valence-corrected chi connectivity index (χ1v) is 7.84. The minimum atomic E-state index is -0.851. The number of nitrogens with one attached hydrogen (secondary N) is 2. The van der Waals surface area contributed by atoms with Gasteiger partial charge in [-0.2, -0.15) is 0 Å². The maximum atomic E-state index is 12.1. The van der Waals surface area contributed by atoms with Gasteiger partial charge in [0.05, 0.1) is 23.9 Å². The Bertz CT molecular complexity index is 746. The predicted molar refractivity (Wildman–Crippen MR) is 88.2 cm³/mol. The number of ether oxygens (including phenoxy) is 2. The van der Waals surface area contributed by atoms with E-state index in [9.17, 15) is 19.5 Å². The number of halogens is 1. The maximum absolute atomic E-state index is 12.1. The normalized spacial score (nSPS) is 16.8. The van der Waals surface area contributed by atoms with Crippen molar-refractivity contribution in [2.24, 2.45) is 0 Å². The van der Waals surface area contributed by atoms with E-state index in [4.69, 9.17) is 21.1 Å². The third-order valence-electron chi connectivity index (χ3n) is 3.39. The van der Waals surface area contributed by atoms with Crippen LogP contribution in [-0.2, 0) is 14.3 Å². The lowest BCUT2D eigenvalue weighted by atomic mass is 10.0. The van der Waals surface area contributed by atoms with E-state index in [0.29, 0.717) is 0 Å². The summed E-state index contributed by atoms with van der Waals surface area (Å²) in [6.45, 7) is 3.04. The van der Waals surface area contributed by atoms with Crippen LogP contribution in [0.5, 0.6) is 5.75 Å². The van der Waals surface area contributed by atoms with Crippen molar-refractivity contribution in [1.29, 1.82) is 0 Å². The summed E-state index contributed by atoms with van der Waals surface area (Å²) in [5, 5.41) is 14.9. The number of urea groups is 1. The lowest BCUT2D eigenvalue weighted by Gasteiger charge is -2.26. The molecule has 0 spiro atoms. The summed E-state index contributed by atoms with van der Waals surface area (Å²) in [6.07, 6.45) is 0. The van der Waals surface area contributed by atoms with E-state index >= 15 is 0 Å². The third kappa shape index (κ3) is 4.42. The van der Waals surface area contributed by atoms with Crippen LogP contribution in [0.2, 0.25) is 5.02 Å². The Morgan fingerprint density at radius 1 is 1.28 bits per heavy atom. The molecule has 1 heterocycles. The molecule has 25 heavy (non-hydrogen) atoms. The smallest absolute Gasteiger partial charge is 0.342 e. The number of hydrogen-bond acceptors (Lipinski definition) is 6. The lowest BCUT2D eigenvalue weighted by Crippen LogP contribution is -2.50. The number of hydrogen-bond donors (Lipinski definition) is 3. The molecule has 0 unspecified atom stereocenters. The van der Waals surface area contributed by atoms with E-state index in [1.54, 1.807) is 13.8 Å². The van der Waals surface area contributed by atoms with Crippen LogP contribution in [0.15, 0.2) is 29.5 Å². The molecule has 9 heteroatoms. The van der Waals surface area contributed by atoms with Crippen LogP contribution in [-0.4, -0.2) is 42.3 Å². The van der Waals surface area contributed by atoms with Gasteiger partial charge in [-0.25, -0.2) is 14.4 Å². The minimum absolute atomic E-state index is 0.115. The van der Waals surface area contributed by atoms with Crippen molar-refractivity contribution in [3.05, 3.63) is 40.1 Å². The number of benzene rings is 1. The summed E-state index contributed by atoms with van der Waals surface area (Å²) in [6, 6.07) is 2.79. The molecular formula is C16H17ClN2O6. The summed E-state index contributed by atoms with van der Waals surface area (Å²) >= 11 is 5.79. The lowest BCUT2D eigenvalue weighted by molar-refractivity contribution is -0.139. The number of carbonyl (C=O) groups is 3. The number of phenolic OH excluding ortho intramolecular Hbond substituents is 1. The van der Waals surface area contributed by atoms with Crippen molar-refractivity contribution in [3.63, 3.8) is 0 Å². The Morgan fingerprint density at radius 3 is 2.68 bits per heavy atom. The molecular weight excluding hydrogens is 352 g/mol. The van der Waals surface area contributed by atoms with Gasteiger partial charge in [-0.1, -0.05) is 11.6 Å². The second kappa shape index (κ2) is 7.89. The number of amides is 2. The summed E-state index contributed by atoms with van der Waals surface area (Å²) in [5.41, 5.74) is 0.147. The molecule has 8 nitrogen and oxygen atoms in total. The Kier molecular flexibility index (Phi) is 5.87. The average molecular weight is 369 g/mol. The number of carbonyl (C=O) groups excluding carboxylic acids is 3. The van der Waals surface area contributed by atoms with Crippen molar-refractivity contribution < 1.29 is 29.0 Å². The molecule has 0 saturated heterocycles. The predicted octanol–water partition coefficient (Wildman–Crippen LogP) is 1.72. The Labute approximate surface area is 148 Å². The van der Waals surface area contributed by atoms with Crippen molar-refractivity contribution in [1.82, 2.24) is 10.6 Å². The Hall–Kier alpha value is -2.74. The topological polar surface area (TPSA) is 114 Å². The van der Waals surface area contributed by atoms with Crippen LogP contribution in [0.1, 0.15) is 24.2 Å². The van der Waals surface area contributed by atoms with Crippen molar-refractivity contribution in [2.75, 3.05) is 13.2 Å². The van der Waals surface area contributed by atoms with E-state index in [1.165, 1.54) is 18.2 Å². The van der Waals surface area contributed by atoms with Gasteiger partial charge in [-0.05, 0) is 32.0 Å². The quantitative estimate of drug-likeness (QED) is 0.682.